The van der Waals surface area contributed by atoms with E-state index in [0.29, 0.717) is 0 Å². The van der Waals surface area contributed by atoms with Gasteiger partial charge in [-0.15, -0.1) is 11.3 Å². The first-order chi connectivity index (χ1) is 9.74. The van der Waals surface area contributed by atoms with Crippen molar-refractivity contribution in [3.63, 3.8) is 0 Å². The van der Waals surface area contributed by atoms with Gasteiger partial charge in [0.1, 0.15) is 5.82 Å². The fraction of sp³-hybridized carbons (Fsp3) is 0.571. The van der Waals surface area contributed by atoms with Crippen molar-refractivity contribution < 1.29 is 0 Å². The van der Waals surface area contributed by atoms with Crippen LogP contribution in [-0.4, -0.2) is 34.2 Å². The van der Waals surface area contributed by atoms with Crippen LogP contribution in [0.25, 0.3) is 0 Å². The maximum Gasteiger partial charge on any atom is 0.185 e. The van der Waals surface area contributed by atoms with Gasteiger partial charge >= 0.3 is 0 Å². The average molecular weight is 293 g/mol. The molecule has 20 heavy (non-hydrogen) atoms. The summed E-state index contributed by atoms with van der Waals surface area (Å²) >= 11 is 1.77. The number of imidazole rings is 1. The lowest BCUT2D eigenvalue weighted by Crippen LogP contribution is -2.21. The molecule has 0 bridgehead atoms. The van der Waals surface area contributed by atoms with Crippen LogP contribution < -0.4 is 10.2 Å². The number of anilines is 1. The van der Waals surface area contributed by atoms with E-state index in [2.05, 4.69) is 38.6 Å². The molecular weight excluding hydrogens is 270 g/mol. The molecule has 0 unspecified atom stereocenters. The Labute approximate surface area is 124 Å². The van der Waals surface area contributed by atoms with Gasteiger partial charge in [0, 0.05) is 63.1 Å². The Morgan fingerprint density at radius 1 is 1.30 bits per heavy atom. The third-order valence-corrected chi connectivity index (χ3v) is 4.38. The zero-order valence-corrected chi connectivity index (χ0v) is 13.3. The van der Waals surface area contributed by atoms with E-state index in [9.17, 15) is 0 Å². The summed E-state index contributed by atoms with van der Waals surface area (Å²) in [7, 11) is 2.03. The topological polar surface area (TPSA) is 46.0 Å². The fourth-order valence-electron chi connectivity index (χ4n) is 2.07. The van der Waals surface area contributed by atoms with Crippen LogP contribution in [0.5, 0.6) is 0 Å². The summed E-state index contributed by atoms with van der Waals surface area (Å²) in [5.41, 5.74) is 0. The van der Waals surface area contributed by atoms with Crippen LogP contribution in [0.1, 0.15) is 24.5 Å². The van der Waals surface area contributed by atoms with Crippen molar-refractivity contribution in [2.24, 2.45) is 7.05 Å². The number of nitrogens with zero attached hydrogens (tertiary/aromatic N) is 4. The highest BCUT2D eigenvalue weighted by Gasteiger charge is 2.07. The van der Waals surface area contributed by atoms with Crippen molar-refractivity contribution in [2.45, 2.75) is 26.8 Å². The molecular formula is C14H23N5S. The van der Waals surface area contributed by atoms with Gasteiger partial charge in [-0.05, 0) is 13.8 Å². The second-order valence-corrected chi connectivity index (χ2v) is 5.76. The largest absolute Gasteiger partial charge is 0.349 e. The SMILES string of the molecule is CCN(CC)c1ncc(CNCCc2nccn2C)s1. The zero-order chi connectivity index (χ0) is 14.4. The molecule has 110 valence electrons. The molecule has 0 amide bonds. The normalized spacial score (nSPS) is 10.9. The monoisotopic (exact) mass is 293 g/mol. The van der Waals surface area contributed by atoms with Crippen molar-refractivity contribution in [2.75, 3.05) is 24.5 Å². The first-order valence-corrected chi connectivity index (χ1v) is 7.92. The molecule has 5 nitrogen and oxygen atoms in total. The van der Waals surface area contributed by atoms with Gasteiger partial charge in [-0.3, -0.25) is 0 Å². The molecule has 0 saturated carbocycles. The summed E-state index contributed by atoms with van der Waals surface area (Å²) in [6.45, 7) is 8.16. The molecule has 0 saturated heterocycles. The minimum Gasteiger partial charge on any atom is -0.349 e. The van der Waals surface area contributed by atoms with Crippen LogP contribution in [0.15, 0.2) is 18.6 Å². The van der Waals surface area contributed by atoms with Crippen molar-refractivity contribution in [3.8, 4) is 0 Å². The van der Waals surface area contributed by atoms with E-state index in [1.165, 1.54) is 4.88 Å². The molecule has 0 aliphatic rings. The third-order valence-electron chi connectivity index (χ3n) is 3.32. The summed E-state index contributed by atoms with van der Waals surface area (Å²) in [5.74, 6) is 1.12. The van der Waals surface area contributed by atoms with Crippen molar-refractivity contribution in [1.82, 2.24) is 19.9 Å². The molecule has 0 radical (unpaired) electrons. The summed E-state index contributed by atoms with van der Waals surface area (Å²) in [5, 5.41) is 4.58. The Balaban J connectivity index is 1.76. The molecule has 2 aromatic heterocycles. The van der Waals surface area contributed by atoms with Gasteiger partial charge in [0.2, 0.25) is 0 Å². The number of aromatic nitrogens is 3. The van der Waals surface area contributed by atoms with E-state index >= 15 is 0 Å². The van der Waals surface area contributed by atoms with Crippen molar-refractivity contribution in [3.05, 3.63) is 29.3 Å². The fourth-order valence-corrected chi connectivity index (χ4v) is 3.08. The van der Waals surface area contributed by atoms with Crippen LogP contribution in [0.3, 0.4) is 0 Å². The van der Waals surface area contributed by atoms with Gasteiger partial charge in [-0.1, -0.05) is 0 Å². The average Bonchev–Trinajstić information content (AvgIpc) is 3.06. The maximum absolute atomic E-state index is 4.49. The number of rotatable bonds is 8. The van der Waals surface area contributed by atoms with Crippen LogP contribution in [0, 0.1) is 0 Å². The van der Waals surface area contributed by atoms with Crippen LogP contribution in [0.4, 0.5) is 5.13 Å². The summed E-state index contributed by atoms with van der Waals surface area (Å²) in [4.78, 5) is 12.4. The number of thiazole rings is 1. The molecule has 0 aliphatic heterocycles. The van der Waals surface area contributed by atoms with Gasteiger partial charge in [-0.2, -0.15) is 0 Å². The first kappa shape index (κ1) is 15.0. The zero-order valence-electron chi connectivity index (χ0n) is 12.5. The molecule has 6 heteroatoms. The molecule has 0 atom stereocenters. The minimum absolute atomic E-state index is 0.878. The summed E-state index contributed by atoms with van der Waals surface area (Å²) in [6, 6.07) is 0. The predicted molar refractivity (Wildman–Crippen MR) is 84.3 cm³/mol. The highest BCUT2D eigenvalue weighted by Crippen LogP contribution is 2.21. The molecule has 2 rings (SSSR count). The van der Waals surface area contributed by atoms with E-state index in [-0.39, 0.29) is 0 Å². The number of hydrogen-bond donors (Lipinski definition) is 1. The maximum atomic E-state index is 4.49. The van der Waals surface area contributed by atoms with Crippen molar-refractivity contribution >= 4 is 16.5 Å². The van der Waals surface area contributed by atoms with E-state index in [0.717, 1.165) is 43.6 Å². The molecule has 1 N–H and O–H groups in total. The molecule has 0 aliphatic carbocycles. The lowest BCUT2D eigenvalue weighted by molar-refractivity contribution is 0.659. The Bertz CT molecular complexity index is 515. The third kappa shape index (κ3) is 3.80. The van der Waals surface area contributed by atoms with Crippen molar-refractivity contribution in [1.29, 1.82) is 0 Å². The van der Waals surface area contributed by atoms with Crippen LogP contribution in [0.2, 0.25) is 0 Å². The molecule has 2 aromatic rings. The standard InChI is InChI=1S/C14H23N5S/c1-4-19(5-2)14-17-11-12(20-14)10-15-7-6-13-16-8-9-18(13)3/h8-9,11,15H,4-7,10H2,1-3H3. The van der Waals surface area contributed by atoms with E-state index in [4.69, 9.17) is 0 Å². The highest BCUT2D eigenvalue weighted by atomic mass is 32.1. The Hall–Kier alpha value is -1.40. The first-order valence-electron chi connectivity index (χ1n) is 7.11. The molecule has 2 heterocycles. The Kier molecular flexibility index (Phi) is 5.55. The lowest BCUT2D eigenvalue weighted by atomic mass is 10.4. The number of aryl methyl sites for hydroxylation is 1. The van der Waals surface area contributed by atoms with Gasteiger partial charge < -0.3 is 14.8 Å². The summed E-state index contributed by atoms with van der Waals surface area (Å²) in [6.07, 6.45) is 6.75. The number of nitrogens with one attached hydrogen (secondary N) is 1. The second kappa shape index (κ2) is 7.40. The van der Waals surface area contributed by atoms with Crippen LogP contribution in [-0.2, 0) is 20.0 Å². The predicted octanol–water partition coefficient (Wildman–Crippen LogP) is 2.06. The molecule has 0 spiro atoms. The van der Waals surface area contributed by atoms with Crippen LogP contribution >= 0.6 is 11.3 Å². The highest BCUT2D eigenvalue weighted by molar-refractivity contribution is 7.15. The summed E-state index contributed by atoms with van der Waals surface area (Å²) < 4.78 is 2.06. The van der Waals surface area contributed by atoms with Gasteiger partial charge in [0.15, 0.2) is 5.13 Å². The molecule has 0 aromatic carbocycles. The van der Waals surface area contributed by atoms with Gasteiger partial charge in [0.25, 0.3) is 0 Å². The van der Waals surface area contributed by atoms with Gasteiger partial charge in [-0.25, -0.2) is 9.97 Å². The number of hydrogen-bond acceptors (Lipinski definition) is 5. The van der Waals surface area contributed by atoms with E-state index in [1.807, 2.05) is 25.6 Å². The smallest absolute Gasteiger partial charge is 0.185 e. The molecule has 0 fully saturated rings. The minimum atomic E-state index is 0.878. The lowest BCUT2D eigenvalue weighted by Gasteiger charge is -2.16. The van der Waals surface area contributed by atoms with E-state index < -0.39 is 0 Å². The van der Waals surface area contributed by atoms with E-state index in [1.54, 1.807) is 11.3 Å². The second-order valence-electron chi connectivity index (χ2n) is 4.66. The Morgan fingerprint density at radius 3 is 2.75 bits per heavy atom. The quantitative estimate of drug-likeness (QED) is 0.757. The Morgan fingerprint density at radius 2 is 2.10 bits per heavy atom. The van der Waals surface area contributed by atoms with Gasteiger partial charge in [0.05, 0.1) is 0 Å².